The van der Waals surface area contributed by atoms with E-state index in [-0.39, 0.29) is 0 Å². The van der Waals surface area contributed by atoms with Crippen molar-refractivity contribution < 1.29 is 0 Å². The van der Waals surface area contributed by atoms with E-state index in [1.807, 2.05) is 35.9 Å². The molecule has 0 radical (unpaired) electrons. The number of hydrogen-bond donors (Lipinski definition) is 0. The highest BCUT2D eigenvalue weighted by Crippen LogP contribution is 2.41. The fourth-order valence-corrected chi connectivity index (χ4v) is 3.55. The largest absolute Gasteiger partial charge is 0.264 e. The summed E-state index contributed by atoms with van der Waals surface area (Å²) in [6.45, 7) is 0. The van der Waals surface area contributed by atoms with Crippen molar-refractivity contribution in [3.63, 3.8) is 0 Å². The lowest BCUT2D eigenvalue weighted by Gasteiger charge is -2.23. The van der Waals surface area contributed by atoms with E-state index < -0.39 is 0 Å². The monoisotopic (exact) mass is 267 g/mol. The molecule has 1 fully saturated rings. The molecule has 0 aromatic carbocycles. The number of hydrogen-bond acceptors (Lipinski definition) is 4. The summed E-state index contributed by atoms with van der Waals surface area (Å²) in [7, 11) is 0. The Morgan fingerprint density at radius 3 is 2.89 bits per heavy atom. The van der Waals surface area contributed by atoms with Crippen LogP contribution in [0.2, 0.25) is 0 Å². The first-order valence-corrected chi connectivity index (χ1v) is 7.39. The van der Waals surface area contributed by atoms with Gasteiger partial charge in [-0.1, -0.05) is 6.42 Å². The van der Waals surface area contributed by atoms with E-state index in [1.165, 1.54) is 29.5 Å². The van der Waals surface area contributed by atoms with Crippen LogP contribution in [0.3, 0.4) is 0 Å². The summed E-state index contributed by atoms with van der Waals surface area (Å²) < 4.78 is 0. The molecule has 0 amide bonds. The Morgan fingerprint density at radius 1 is 1.21 bits per heavy atom. The third-order valence-corrected chi connectivity index (χ3v) is 4.93. The summed E-state index contributed by atoms with van der Waals surface area (Å²) in [5, 5.41) is 1.17. The van der Waals surface area contributed by atoms with Crippen LogP contribution in [0, 0.1) is 0 Å². The molecule has 0 aliphatic heterocycles. The minimum atomic E-state index is 0.765. The van der Waals surface area contributed by atoms with Crippen LogP contribution >= 0.6 is 11.3 Å². The number of fused-ring (bicyclic) bond motifs is 1. The summed E-state index contributed by atoms with van der Waals surface area (Å²) in [5.41, 5.74) is 0.975. The van der Waals surface area contributed by atoms with E-state index in [2.05, 4.69) is 21.0 Å². The number of nitrogens with zero attached hydrogens (tertiary/aromatic N) is 3. The molecule has 3 aromatic heterocycles. The van der Waals surface area contributed by atoms with E-state index in [1.54, 1.807) is 6.20 Å². The van der Waals surface area contributed by atoms with Crippen LogP contribution in [-0.2, 0) is 0 Å². The maximum atomic E-state index is 4.67. The lowest BCUT2D eigenvalue weighted by molar-refractivity contribution is 0.426. The highest BCUT2D eigenvalue weighted by molar-refractivity contribution is 7.18. The van der Waals surface area contributed by atoms with Gasteiger partial charge in [0.15, 0.2) is 5.82 Å². The van der Waals surface area contributed by atoms with Gasteiger partial charge in [-0.05, 0) is 37.0 Å². The minimum Gasteiger partial charge on any atom is -0.264 e. The molecule has 0 spiro atoms. The first-order valence-electron chi connectivity index (χ1n) is 6.57. The van der Waals surface area contributed by atoms with Gasteiger partial charge in [-0.2, -0.15) is 0 Å². The second-order valence-corrected chi connectivity index (χ2v) is 6.03. The van der Waals surface area contributed by atoms with Crippen LogP contribution in [0.15, 0.2) is 36.8 Å². The molecular formula is C15H13N3S. The van der Waals surface area contributed by atoms with Gasteiger partial charge in [0, 0.05) is 34.4 Å². The van der Waals surface area contributed by atoms with Gasteiger partial charge in [0.1, 0.15) is 4.83 Å². The summed E-state index contributed by atoms with van der Waals surface area (Å²) in [6.07, 6.45) is 9.53. The van der Waals surface area contributed by atoms with Gasteiger partial charge in [-0.3, -0.25) is 4.98 Å². The van der Waals surface area contributed by atoms with Gasteiger partial charge in [-0.15, -0.1) is 11.3 Å². The summed E-state index contributed by atoms with van der Waals surface area (Å²) in [6, 6.07) is 6.17. The van der Waals surface area contributed by atoms with E-state index >= 15 is 0 Å². The minimum absolute atomic E-state index is 0.765. The van der Waals surface area contributed by atoms with Gasteiger partial charge in [0.25, 0.3) is 0 Å². The smallest absolute Gasteiger partial charge is 0.162 e. The van der Waals surface area contributed by atoms with Crippen LogP contribution in [-0.4, -0.2) is 15.0 Å². The standard InChI is InChI=1S/C15H13N3S/c1-3-10(4-1)13-7-12-9-17-14(18-15(12)19-13)11-5-2-6-16-8-11/h2,5-10H,1,3-4H2. The second-order valence-electron chi connectivity index (χ2n) is 4.97. The Hall–Kier alpha value is -1.81. The Balaban J connectivity index is 1.78. The third kappa shape index (κ3) is 1.92. The molecule has 0 atom stereocenters. The van der Waals surface area contributed by atoms with Crippen LogP contribution in [0.4, 0.5) is 0 Å². The van der Waals surface area contributed by atoms with Crippen LogP contribution in [0.5, 0.6) is 0 Å². The van der Waals surface area contributed by atoms with E-state index in [4.69, 9.17) is 0 Å². The van der Waals surface area contributed by atoms with Crippen LogP contribution < -0.4 is 0 Å². The van der Waals surface area contributed by atoms with Crippen molar-refractivity contribution in [1.29, 1.82) is 0 Å². The SMILES string of the molecule is c1cncc(-c2ncc3cc(C4CCC4)sc3n2)c1. The second kappa shape index (κ2) is 4.38. The fraction of sp³-hybridized carbons (Fsp3) is 0.267. The number of thiophene rings is 1. The average molecular weight is 267 g/mol. The molecule has 4 heteroatoms. The zero-order valence-corrected chi connectivity index (χ0v) is 11.2. The van der Waals surface area contributed by atoms with Crippen molar-refractivity contribution in [1.82, 2.24) is 15.0 Å². The van der Waals surface area contributed by atoms with Crippen molar-refractivity contribution in [2.24, 2.45) is 0 Å². The number of aromatic nitrogens is 3. The topological polar surface area (TPSA) is 38.7 Å². The average Bonchev–Trinajstić information content (AvgIpc) is 2.79. The Bertz CT molecular complexity index is 717. The zero-order valence-electron chi connectivity index (χ0n) is 10.4. The van der Waals surface area contributed by atoms with Crippen molar-refractivity contribution in [3.8, 4) is 11.4 Å². The summed E-state index contributed by atoms with van der Waals surface area (Å²) >= 11 is 1.82. The molecule has 4 rings (SSSR count). The van der Waals surface area contributed by atoms with Crippen molar-refractivity contribution in [3.05, 3.63) is 41.7 Å². The van der Waals surface area contributed by atoms with E-state index in [0.717, 1.165) is 22.1 Å². The molecule has 0 unspecified atom stereocenters. The van der Waals surface area contributed by atoms with E-state index in [9.17, 15) is 0 Å². The molecule has 19 heavy (non-hydrogen) atoms. The fourth-order valence-electron chi connectivity index (χ4n) is 2.38. The Morgan fingerprint density at radius 2 is 2.16 bits per heavy atom. The van der Waals surface area contributed by atoms with Gasteiger partial charge in [0.2, 0.25) is 0 Å². The van der Waals surface area contributed by atoms with Gasteiger partial charge in [-0.25, -0.2) is 9.97 Å². The van der Waals surface area contributed by atoms with Crippen molar-refractivity contribution >= 4 is 21.6 Å². The van der Waals surface area contributed by atoms with Gasteiger partial charge >= 0.3 is 0 Å². The molecule has 3 heterocycles. The molecule has 1 aliphatic carbocycles. The zero-order chi connectivity index (χ0) is 12.7. The Kier molecular flexibility index (Phi) is 2.55. The Labute approximate surface area is 115 Å². The molecule has 3 aromatic rings. The summed E-state index contributed by atoms with van der Waals surface area (Å²) in [5.74, 6) is 1.53. The predicted octanol–water partition coefficient (Wildman–Crippen LogP) is 4.02. The third-order valence-electron chi connectivity index (χ3n) is 3.72. The van der Waals surface area contributed by atoms with Crippen molar-refractivity contribution in [2.75, 3.05) is 0 Å². The van der Waals surface area contributed by atoms with Crippen molar-refractivity contribution in [2.45, 2.75) is 25.2 Å². The van der Waals surface area contributed by atoms with Gasteiger partial charge in [0.05, 0.1) is 0 Å². The predicted molar refractivity (Wildman–Crippen MR) is 77.2 cm³/mol. The molecule has 94 valence electrons. The molecular weight excluding hydrogens is 254 g/mol. The molecule has 1 aliphatic rings. The quantitative estimate of drug-likeness (QED) is 0.704. The maximum Gasteiger partial charge on any atom is 0.162 e. The highest BCUT2D eigenvalue weighted by Gasteiger charge is 2.21. The maximum absolute atomic E-state index is 4.67. The molecule has 0 bridgehead atoms. The lowest BCUT2D eigenvalue weighted by atomic mass is 9.84. The van der Waals surface area contributed by atoms with Crippen LogP contribution in [0.25, 0.3) is 21.6 Å². The molecule has 0 N–H and O–H groups in total. The number of rotatable bonds is 2. The van der Waals surface area contributed by atoms with E-state index in [0.29, 0.717) is 0 Å². The lowest BCUT2D eigenvalue weighted by Crippen LogP contribution is -2.06. The first kappa shape index (κ1) is 11.1. The first-order chi connectivity index (χ1) is 9.40. The van der Waals surface area contributed by atoms with Gasteiger partial charge < -0.3 is 0 Å². The molecule has 0 saturated heterocycles. The number of pyridine rings is 1. The normalized spacial score (nSPS) is 15.6. The summed E-state index contributed by atoms with van der Waals surface area (Å²) in [4.78, 5) is 15.8. The van der Waals surface area contributed by atoms with Crippen LogP contribution in [0.1, 0.15) is 30.1 Å². The molecule has 3 nitrogen and oxygen atoms in total. The molecule has 1 saturated carbocycles. The highest BCUT2D eigenvalue weighted by atomic mass is 32.1.